The number of halogens is 1. The van der Waals surface area contributed by atoms with E-state index in [1.54, 1.807) is 19.1 Å². The summed E-state index contributed by atoms with van der Waals surface area (Å²) in [6, 6.07) is 5.15. The molecule has 34 heavy (non-hydrogen) atoms. The summed E-state index contributed by atoms with van der Waals surface area (Å²) in [7, 11) is 0. The number of nitrogens with one attached hydrogen (secondary N) is 1. The maximum absolute atomic E-state index is 15.4. The Morgan fingerprint density at radius 2 is 1.97 bits per heavy atom. The molecule has 8 heteroatoms. The van der Waals surface area contributed by atoms with E-state index >= 15 is 4.39 Å². The average Bonchev–Trinajstić information content (AvgIpc) is 3.49. The largest absolute Gasteiger partial charge is 0.481 e. The molecule has 0 unspecified atom stereocenters. The van der Waals surface area contributed by atoms with Gasteiger partial charge in [0.25, 0.3) is 0 Å². The smallest absolute Gasteiger partial charge is 0.307 e. The monoisotopic (exact) mass is 471 g/mol. The molecule has 2 saturated carbocycles. The number of nitrogens with zero attached hydrogens (tertiary/aromatic N) is 2. The molecular formula is C26H34FN3O4. The van der Waals surface area contributed by atoms with Gasteiger partial charge in [0.2, 0.25) is 5.91 Å². The number of aromatic nitrogens is 1. The third-order valence-corrected chi connectivity index (χ3v) is 6.80. The molecule has 4 rings (SSSR count). The molecule has 1 aromatic heterocycles. The zero-order valence-corrected chi connectivity index (χ0v) is 20.1. The molecule has 0 radical (unpaired) electrons. The van der Waals surface area contributed by atoms with E-state index in [0.717, 1.165) is 32.2 Å². The van der Waals surface area contributed by atoms with Crippen molar-refractivity contribution in [3.05, 3.63) is 41.0 Å². The van der Waals surface area contributed by atoms with E-state index in [1.807, 2.05) is 0 Å². The van der Waals surface area contributed by atoms with Crippen molar-refractivity contribution < 1.29 is 23.6 Å². The first-order valence-corrected chi connectivity index (χ1v) is 12.3. The van der Waals surface area contributed by atoms with E-state index < -0.39 is 17.7 Å². The van der Waals surface area contributed by atoms with Crippen molar-refractivity contribution >= 4 is 23.3 Å². The number of hydrogen-bond donors (Lipinski definition) is 2. The first kappa shape index (κ1) is 24.2. The molecule has 0 spiro atoms. The van der Waals surface area contributed by atoms with Gasteiger partial charge in [-0.05, 0) is 49.8 Å². The summed E-state index contributed by atoms with van der Waals surface area (Å²) in [5.41, 5.74) is 2.08. The van der Waals surface area contributed by atoms with Crippen LogP contribution in [-0.2, 0) is 16.0 Å². The number of aliphatic carboxylic acids is 1. The molecule has 2 aromatic rings. The van der Waals surface area contributed by atoms with Crippen molar-refractivity contribution in [3.63, 3.8) is 0 Å². The van der Waals surface area contributed by atoms with Crippen LogP contribution < -0.4 is 10.2 Å². The number of carboxylic acid groups (broad SMARTS) is 1. The minimum atomic E-state index is -0.913. The summed E-state index contributed by atoms with van der Waals surface area (Å²) in [6.07, 6.45) is 5.99. The number of anilines is 2. The second-order valence-electron chi connectivity index (χ2n) is 10.2. The predicted octanol–water partition coefficient (Wildman–Crippen LogP) is 5.29. The van der Waals surface area contributed by atoms with Gasteiger partial charge in [-0.15, -0.1) is 0 Å². The Labute approximate surface area is 199 Å². The van der Waals surface area contributed by atoms with Gasteiger partial charge in [-0.2, -0.15) is 0 Å². The number of carbonyl (C=O) groups is 2. The predicted molar refractivity (Wildman–Crippen MR) is 128 cm³/mol. The Morgan fingerprint density at radius 3 is 2.56 bits per heavy atom. The topological polar surface area (TPSA) is 95.7 Å². The van der Waals surface area contributed by atoms with Crippen molar-refractivity contribution in [2.24, 2.45) is 11.8 Å². The average molecular weight is 472 g/mol. The highest BCUT2D eigenvalue weighted by atomic mass is 19.1. The molecule has 2 aliphatic rings. The first-order valence-electron chi connectivity index (χ1n) is 12.3. The lowest BCUT2D eigenvalue weighted by atomic mass is 9.92. The van der Waals surface area contributed by atoms with E-state index in [4.69, 9.17) is 4.52 Å². The van der Waals surface area contributed by atoms with Crippen LogP contribution in [0.15, 0.2) is 22.7 Å². The van der Waals surface area contributed by atoms with E-state index in [2.05, 4.69) is 29.2 Å². The van der Waals surface area contributed by atoms with Crippen LogP contribution >= 0.6 is 0 Å². The molecule has 2 fully saturated rings. The van der Waals surface area contributed by atoms with Crippen LogP contribution in [0.2, 0.25) is 0 Å². The number of hydrogen-bond acceptors (Lipinski definition) is 5. The fourth-order valence-corrected chi connectivity index (χ4v) is 5.10. The van der Waals surface area contributed by atoms with Crippen LogP contribution in [0, 0.1) is 24.6 Å². The summed E-state index contributed by atoms with van der Waals surface area (Å²) < 4.78 is 20.4. The van der Waals surface area contributed by atoms with Gasteiger partial charge in [-0.3, -0.25) is 9.59 Å². The fraction of sp³-hybridized carbons (Fsp3) is 0.577. The van der Waals surface area contributed by atoms with E-state index in [9.17, 15) is 14.7 Å². The maximum atomic E-state index is 15.4. The van der Waals surface area contributed by atoms with Gasteiger partial charge in [0, 0.05) is 24.6 Å². The number of amides is 1. The summed E-state index contributed by atoms with van der Waals surface area (Å²) in [5, 5.41) is 16.2. The van der Waals surface area contributed by atoms with Crippen molar-refractivity contribution in [2.75, 3.05) is 16.8 Å². The Hall–Kier alpha value is -2.90. The molecule has 0 aliphatic heterocycles. The van der Waals surface area contributed by atoms with Gasteiger partial charge in [0.1, 0.15) is 11.6 Å². The molecule has 2 aliphatic carbocycles. The van der Waals surface area contributed by atoms with Crippen LogP contribution in [0.3, 0.4) is 0 Å². The third-order valence-electron chi connectivity index (χ3n) is 6.80. The Kier molecular flexibility index (Phi) is 7.24. The zero-order valence-electron chi connectivity index (χ0n) is 20.1. The van der Waals surface area contributed by atoms with Crippen LogP contribution in [0.25, 0.3) is 0 Å². The molecular weight excluding hydrogens is 437 g/mol. The summed E-state index contributed by atoms with van der Waals surface area (Å²) in [6.45, 7) is 6.78. The molecule has 0 saturated heterocycles. The number of aryl methyl sites for hydroxylation is 1. The SMILES string of the molecule is Cc1cc(CC(=O)Nc2cc([C@H]3C[C@H]3C(=O)O)c(F)cc2N(CC(C)C)C2CCCCC2)no1. The molecule has 2 N–H and O–H groups in total. The lowest BCUT2D eigenvalue weighted by Crippen LogP contribution is -2.40. The van der Waals surface area contributed by atoms with Gasteiger partial charge in [0.05, 0.1) is 29.4 Å². The van der Waals surface area contributed by atoms with Crippen LogP contribution in [-0.4, -0.2) is 34.7 Å². The van der Waals surface area contributed by atoms with Crippen LogP contribution in [0.4, 0.5) is 15.8 Å². The van der Waals surface area contributed by atoms with Crippen molar-refractivity contribution in [3.8, 4) is 0 Å². The van der Waals surface area contributed by atoms with Crippen LogP contribution in [0.1, 0.15) is 75.3 Å². The Balaban J connectivity index is 1.68. The zero-order chi connectivity index (χ0) is 24.4. The molecule has 1 aromatic carbocycles. The van der Waals surface area contributed by atoms with Gasteiger partial charge in [0.15, 0.2) is 0 Å². The van der Waals surface area contributed by atoms with Gasteiger partial charge >= 0.3 is 5.97 Å². The number of carboxylic acids is 1. The molecule has 2 atom stereocenters. The van der Waals surface area contributed by atoms with Crippen molar-refractivity contribution in [2.45, 2.75) is 77.7 Å². The van der Waals surface area contributed by atoms with Gasteiger partial charge in [-0.1, -0.05) is 38.3 Å². The maximum Gasteiger partial charge on any atom is 0.307 e. The summed E-state index contributed by atoms with van der Waals surface area (Å²) in [5.74, 6) is -1.55. The fourth-order valence-electron chi connectivity index (χ4n) is 5.10. The Morgan fingerprint density at radius 1 is 1.24 bits per heavy atom. The highest BCUT2D eigenvalue weighted by Crippen LogP contribution is 2.50. The normalized spacial score (nSPS) is 20.4. The third kappa shape index (κ3) is 5.59. The lowest BCUT2D eigenvalue weighted by Gasteiger charge is -2.38. The molecule has 184 valence electrons. The summed E-state index contributed by atoms with van der Waals surface area (Å²) >= 11 is 0. The van der Waals surface area contributed by atoms with Crippen LogP contribution in [0.5, 0.6) is 0 Å². The molecule has 1 heterocycles. The van der Waals surface area contributed by atoms with E-state index in [-0.39, 0.29) is 24.3 Å². The lowest BCUT2D eigenvalue weighted by molar-refractivity contribution is -0.138. The second-order valence-corrected chi connectivity index (χ2v) is 10.2. The Bertz CT molecular complexity index is 1040. The van der Waals surface area contributed by atoms with Gasteiger partial charge in [-0.25, -0.2) is 4.39 Å². The highest BCUT2D eigenvalue weighted by molar-refractivity contribution is 5.96. The summed E-state index contributed by atoms with van der Waals surface area (Å²) in [4.78, 5) is 26.6. The van der Waals surface area contributed by atoms with Crippen molar-refractivity contribution in [1.82, 2.24) is 5.16 Å². The highest BCUT2D eigenvalue weighted by Gasteiger charge is 2.46. The van der Waals surface area contributed by atoms with Crippen molar-refractivity contribution in [1.29, 1.82) is 0 Å². The molecule has 1 amide bonds. The minimum absolute atomic E-state index is 0.0400. The molecule has 7 nitrogen and oxygen atoms in total. The van der Waals surface area contributed by atoms with Gasteiger partial charge < -0.3 is 19.8 Å². The molecule has 0 bridgehead atoms. The first-order chi connectivity index (χ1) is 16.2. The number of rotatable bonds is 9. The number of carbonyl (C=O) groups excluding carboxylic acids is 1. The van der Waals surface area contributed by atoms with E-state index in [0.29, 0.717) is 40.7 Å². The second kappa shape index (κ2) is 10.2. The quantitative estimate of drug-likeness (QED) is 0.516. The van der Waals surface area contributed by atoms with E-state index in [1.165, 1.54) is 12.5 Å². The minimum Gasteiger partial charge on any atom is -0.481 e. The number of benzene rings is 1. The standard InChI is InChI=1S/C26H34FN3O4/c1-15(2)14-30(18-7-5-4-6-8-18)24-13-22(27)20(19-11-21(19)26(32)33)12-23(24)28-25(31)10-17-9-16(3)34-29-17/h9,12-13,15,18-19,21H,4-8,10-11,14H2,1-3H3,(H,28,31)(H,32,33)/t19-,21-/m1/s1.